The Morgan fingerprint density at radius 2 is 2.39 bits per heavy atom. The molecule has 1 aliphatic rings. The van der Waals surface area contributed by atoms with E-state index in [0.29, 0.717) is 17.9 Å². The summed E-state index contributed by atoms with van der Waals surface area (Å²) in [5, 5.41) is 3.07. The summed E-state index contributed by atoms with van der Waals surface area (Å²) in [6.45, 7) is 6.37. The summed E-state index contributed by atoms with van der Waals surface area (Å²) in [6.07, 6.45) is 0.107. The summed E-state index contributed by atoms with van der Waals surface area (Å²) in [5.41, 5.74) is 6.41. The number of nitrogens with zero attached hydrogens (tertiary/aromatic N) is 1. The Balaban J connectivity index is 1.87. The van der Waals surface area contributed by atoms with E-state index < -0.39 is 0 Å². The number of nitrogen functional groups attached to an aromatic ring is 1. The normalized spacial score (nSPS) is 20.9. The largest absolute Gasteiger partial charge is 0.399 e. The molecule has 1 saturated heterocycles. The van der Waals surface area contributed by atoms with Crippen LogP contribution >= 0.6 is 0 Å². The van der Waals surface area contributed by atoms with Gasteiger partial charge in [-0.3, -0.25) is 4.90 Å². The zero-order chi connectivity index (χ0) is 13.0. The van der Waals surface area contributed by atoms with E-state index in [4.69, 9.17) is 10.5 Å². The van der Waals surface area contributed by atoms with Gasteiger partial charge in [0.2, 0.25) is 0 Å². The van der Waals surface area contributed by atoms with Gasteiger partial charge in [0.25, 0.3) is 0 Å². The topological polar surface area (TPSA) is 50.5 Å². The Bertz CT molecular complexity index is 400. The standard InChI is InChI=1S/C13H20FN3O/c1-2-17-5-6-18-11(9-17)8-16-13-4-3-10(15)7-12(13)14/h3-4,7,11,16H,2,5-6,8-9,15H2,1H3. The maximum atomic E-state index is 13.6. The van der Waals surface area contributed by atoms with E-state index in [2.05, 4.69) is 17.1 Å². The van der Waals surface area contributed by atoms with Crippen molar-refractivity contribution in [1.82, 2.24) is 4.90 Å². The van der Waals surface area contributed by atoms with Crippen LogP contribution in [0.5, 0.6) is 0 Å². The van der Waals surface area contributed by atoms with Crippen molar-refractivity contribution in [2.75, 3.05) is 43.8 Å². The van der Waals surface area contributed by atoms with Crippen LogP contribution in [-0.4, -0.2) is 43.8 Å². The molecule has 100 valence electrons. The molecule has 3 N–H and O–H groups in total. The van der Waals surface area contributed by atoms with E-state index in [1.54, 1.807) is 12.1 Å². The van der Waals surface area contributed by atoms with Crippen LogP contribution < -0.4 is 11.1 Å². The molecule has 5 heteroatoms. The molecule has 18 heavy (non-hydrogen) atoms. The first kappa shape index (κ1) is 13.1. The van der Waals surface area contributed by atoms with E-state index in [0.717, 1.165) is 26.2 Å². The average molecular weight is 253 g/mol. The number of hydrogen-bond donors (Lipinski definition) is 2. The number of rotatable bonds is 4. The number of benzene rings is 1. The fourth-order valence-electron chi connectivity index (χ4n) is 2.09. The molecule has 0 spiro atoms. The number of anilines is 2. The van der Waals surface area contributed by atoms with Gasteiger partial charge in [-0.25, -0.2) is 4.39 Å². The molecule has 0 aromatic heterocycles. The van der Waals surface area contributed by atoms with Gasteiger partial charge in [-0.15, -0.1) is 0 Å². The molecule has 0 amide bonds. The predicted molar refractivity (Wildman–Crippen MR) is 71.2 cm³/mol. The molecule has 0 saturated carbocycles. The second kappa shape index (κ2) is 6.02. The predicted octanol–water partition coefficient (Wildman–Crippen LogP) is 1.54. The molecular weight excluding hydrogens is 233 g/mol. The highest BCUT2D eigenvalue weighted by Crippen LogP contribution is 2.17. The van der Waals surface area contributed by atoms with Crippen LogP contribution in [-0.2, 0) is 4.74 Å². The van der Waals surface area contributed by atoms with Crippen LogP contribution in [0.15, 0.2) is 18.2 Å². The van der Waals surface area contributed by atoms with Crippen LogP contribution in [0.3, 0.4) is 0 Å². The molecule has 1 heterocycles. The van der Waals surface area contributed by atoms with Gasteiger partial charge in [-0.1, -0.05) is 6.92 Å². The van der Waals surface area contributed by atoms with E-state index in [-0.39, 0.29) is 11.9 Å². The SMILES string of the molecule is CCN1CCOC(CNc2ccc(N)cc2F)C1. The van der Waals surface area contributed by atoms with Crippen molar-refractivity contribution >= 4 is 11.4 Å². The van der Waals surface area contributed by atoms with E-state index in [1.165, 1.54) is 6.07 Å². The number of likely N-dealkylation sites (N-methyl/N-ethyl adjacent to an activating group) is 1. The maximum absolute atomic E-state index is 13.6. The third kappa shape index (κ3) is 3.34. The molecule has 0 bridgehead atoms. The molecular formula is C13H20FN3O. The van der Waals surface area contributed by atoms with Crippen molar-refractivity contribution < 1.29 is 9.13 Å². The Morgan fingerprint density at radius 3 is 3.11 bits per heavy atom. The lowest BCUT2D eigenvalue weighted by molar-refractivity contribution is -0.0192. The zero-order valence-corrected chi connectivity index (χ0v) is 10.7. The summed E-state index contributed by atoms with van der Waals surface area (Å²) in [7, 11) is 0. The summed E-state index contributed by atoms with van der Waals surface area (Å²) in [6, 6.07) is 4.67. The molecule has 1 fully saturated rings. The van der Waals surface area contributed by atoms with Gasteiger partial charge in [0.05, 0.1) is 18.4 Å². The smallest absolute Gasteiger partial charge is 0.148 e. The Morgan fingerprint density at radius 1 is 1.56 bits per heavy atom. The minimum atomic E-state index is -0.321. The van der Waals surface area contributed by atoms with E-state index in [9.17, 15) is 4.39 Å². The summed E-state index contributed by atoms with van der Waals surface area (Å²) >= 11 is 0. The molecule has 1 unspecified atom stereocenters. The van der Waals surface area contributed by atoms with Crippen LogP contribution in [0.4, 0.5) is 15.8 Å². The molecule has 0 radical (unpaired) electrons. The molecule has 1 atom stereocenters. The lowest BCUT2D eigenvalue weighted by Gasteiger charge is -2.32. The summed E-state index contributed by atoms with van der Waals surface area (Å²) < 4.78 is 19.2. The van der Waals surface area contributed by atoms with E-state index in [1.807, 2.05) is 0 Å². The molecule has 2 rings (SSSR count). The van der Waals surface area contributed by atoms with Gasteiger partial charge < -0.3 is 15.8 Å². The Hall–Kier alpha value is -1.33. The number of hydrogen-bond acceptors (Lipinski definition) is 4. The lowest BCUT2D eigenvalue weighted by Crippen LogP contribution is -2.45. The van der Waals surface area contributed by atoms with Crippen LogP contribution in [0.25, 0.3) is 0 Å². The average Bonchev–Trinajstić information content (AvgIpc) is 2.38. The number of halogens is 1. The first-order valence-electron chi connectivity index (χ1n) is 6.32. The van der Waals surface area contributed by atoms with Gasteiger partial charge >= 0.3 is 0 Å². The fourth-order valence-corrected chi connectivity index (χ4v) is 2.09. The fraction of sp³-hybridized carbons (Fsp3) is 0.538. The van der Waals surface area contributed by atoms with Gasteiger partial charge in [0.1, 0.15) is 5.82 Å². The Labute approximate surface area is 107 Å². The van der Waals surface area contributed by atoms with Crippen molar-refractivity contribution in [3.63, 3.8) is 0 Å². The summed E-state index contributed by atoms with van der Waals surface area (Å²) in [5.74, 6) is -0.321. The second-order valence-corrected chi connectivity index (χ2v) is 4.51. The van der Waals surface area contributed by atoms with Crippen molar-refractivity contribution in [1.29, 1.82) is 0 Å². The van der Waals surface area contributed by atoms with Crippen molar-refractivity contribution in [2.45, 2.75) is 13.0 Å². The van der Waals surface area contributed by atoms with Crippen LogP contribution in [0.2, 0.25) is 0 Å². The molecule has 1 aliphatic heterocycles. The van der Waals surface area contributed by atoms with Crippen molar-refractivity contribution in [3.05, 3.63) is 24.0 Å². The minimum absolute atomic E-state index is 0.107. The lowest BCUT2D eigenvalue weighted by atomic mass is 10.2. The molecule has 0 aliphatic carbocycles. The van der Waals surface area contributed by atoms with Crippen LogP contribution in [0.1, 0.15) is 6.92 Å². The maximum Gasteiger partial charge on any atom is 0.148 e. The first-order valence-corrected chi connectivity index (χ1v) is 6.32. The highest BCUT2D eigenvalue weighted by molar-refractivity contribution is 5.52. The number of nitrogens with one attached hydrogen (secondary N) is 1. The quantitative estimate of drug-likeness (QED) is 0.799. The molecule has 4 nitrogen and oxygen atoms in total. The zero-order valence-electron chi connectivity index (χ0n) is 10.7. The van der Waals surface area contributed by atoms with Gasteiger partial charge in [0.15, 0.2) is 0 Å². The number of nitrogens with two attached hydrogens (primary N) is 1. The first-order chi connectivity index (χ1) is 8.69. The third-order valence-electron chi connectivity index (χ3n) is 3.18. The Kier molecular flexibility index (Phi) is 4.38. The third-order valence-corrected chi connectivity index (χ3v) is 3.18. The number of morpholine rings is 1. The minimum Gasteiger partial charge on any atom is -0.399 e. The molecule has 1 aromatic rings. The monoisotopic (exact) mass is 253 g/mol. The van der Waals surface area contributed by atoms with Crippen LogP contribution in [0, 0.1) is 5.82 Å². The molecule has 1 aromatic carbocycles. The van der Waals surface area contributed by atoms with Gasteiger partial charge in [-0.2, -0.15) is 0 Å². The second-order valence-electron chi connectivity index (χ2n) is 4.51. The van der Waals surface area contributed by atoms with Gasteiger partial charge in [-0.05, 0) is 24.7 Å². The van der Waals surface area contributed by atoms with E-state index >= 15 is 0 Å². The highest BCUT2D eigenvalue weighted by Gasteiger charge is 2.19. The van der Waals surface area contributed by atoms with Crippen molar-refractivity contribution in [2.24, 2.45) is 0 Å². The highest BCUT2D eigenvalue weighted by atomic mass is 19.1. The van der Waals surface area contributed by atoms with Gasteiger partial charge in [0, 0.05) is 25.3 Å². The summed E-state index contributed by atoms with van der Waals surface area (Å²) in [4.78, 5) is 2.33. The number of ether oxygens (including phenoxy) is 1. The van der Waals surface area contributed by atoms with Crippen molar-refractivity contribution in [3.8, 4) is 0 Å².